The average Bonchev–Trinajstić information content (AvgIpc) is 3.35. The Morgan fingerprint density at radius 3 is 2.41 bits per heavy atom. The van der Waals surface area contributed by atoms with Gasteiger partial charge in [-0.25, -0.2) is 13.2 Å². The number of sulfonamides is 1. The van der Waals surface area contributed by atoms with E-state index in [1.54, 1.807) is 13.0 Å². The highest BCUT2D eigenvalue weighted by molar-refractivity contribution is 7.89. The van der Waals surface area contributed by atoms with Crippen LogP contribution in [0.1, 0.15) is 59.7 Å². The predicted molar refractivity (Wildman–Crippen MR) is 131 cm³/mol. The van der Waals surface area contributed by atoms with Crippen molar-refractivity contribution in [2.75, 3.05) is 6.61 Å². The molecule has 1 aliphatic carbocycles. The number of hydrogen-bond acceptors (Lipinski definition) is 5. The molecule has 8 heteroatoms. The van der Waals surface area contributed by atoms with E-state index in [0.29, 0.717) is 11.1 Å². The van der Waals surface area contributed by atoms with Crippen LogP contribution in [0, 0.1) is 13.8 Å². The Hall–Kier alpha value is -2.97. The average molecular weight is 483 g/mol. The molecule has 1 aromatic heterocycles. The SMILES string of the molecule is CCOC(=O)c1ccc(S(=O)(=O)N(Cc2cc3ccc(C)c(C)c3[nH]c2=O)C2CCCC2)cc1. The van der Waals surface area contributed by atoms with E-state index >= 15 is 0 Å². The number of aryl methyl sites for hydroxylation is 2. The summed E-state index contributed by atoms with van der Waals surface area (Å²) < 4.78 is 33.8. The highest BCUT2D eigenvalue weighted by Gasteiger charge is 2.34. The lowest BCUT2D eigenvalue weighted by Gasteiger charge is -2.28. The van der Waals surface area contributed by atoms with Crippen LogP contribution in [0.5, 0.6) is 0 Å². The monoisotopic (exact) mass is 482 g/mol. The van der Waals surface area contributed by atoms with Gasteiger partial charge in [-0.3, -0.25) is 4.79 Å². The van der Waals surface area contributed by atoms with E-state index in [1.165, 1.54) is 28.6 Å². The third kappa shape index (κ3) is 4.65. The third-order valence-electron chi connectivity index (χ3n) is 6.66. The van der Waals surface area contributed by atoms with Crippen molar-refractivity contribution in [2.45, 2.75) is 63.9 Å². The lowest BCUT2D eigenvalue weighted by molar-refractivity contribution is 0.0526. The van der Waals surface area contributed by atoms with E-state index in [9.17, 15) is 18.0 Å². The van der Waals surface area contributed by atoms with E-state index in [2.05, 4.69) is 4.98 Å². The molecule has 0 unspecified atom stereocenters. The van der Waals surface area contributed by atoms with Gasteiger partial charge < -0.3 is 9.72 Å². The molecular formula is C26H30N2O5S. The normalized spacial score (nSPS) is 14.7. The number of esters is 1. The van der Waals surface area contributed by atoms with Gasteiger partial charge in [0, 0.05) is 18.2 Å². The van der Waals surface area contributed by atoms with Crippen molar-refractivity contribution in [3.8, 4) is 0 Å². The van der Waals surface area contributed by atoms with Gasteiger partial charge in [0.25, 0.3) is 5.56 Å². The second kappa shape index (κ2) is 9.72. The number of rotatable bonds is 7. The van der Waals surface area contributed by atoms with E-state index in [-0.39, 0.29) is 29.6 Å². The molecule has 4 rings (SSSR count). The van der Waals surface area contributed by atoms with Crippen LogP contribution in [0.25, 0.3) is 10.9 Å². The van der Waals surface area contributed by atoms with Crippen molar-refractivity contribution in [1.82, 2.24) is 9.29 Å². The fraction of sp³-hybridized carbons (Fsp3) is 0.385. The molecule has 0 aliphatic heterocycles. The molecule has 0 amide bonds. The Balaban J connectivity index is 1.71. The van der Waals surface area contributed by atoms with Crippen molar-refractivity contribution < 1.29 is 17.9 Å². The van der Waals surface area contributed by atoms with E-state index < -0.39 is 16.0 Å². The summed E-state index contributed by atoms with van der Waals surface area (Å²) in [7, 11) is -3.89. The third-order valence-corrected chi connectivity index (χ3v) is 8.57. The lowest BCUT2D eigenvalue weighted by atomic mass is 10.0. The van der Waals surface area contributed by atoms with Gasteiger partial charge in [-0.15, -0.1) is 0 Å². The number of hydrogen-bond donors (Lipinski definition) is 1. The van der Waals surface area contributed by atoms with Crippen molar-refractivity contribution >= 4 is 26.9 Å². The number of pyridine rings is 1. The Morgan fingerprint density at radius 1 is 1.09 bits per heavy atom. The second-order valence-corrected chi connectivity index (χ2v) is 10.7. The van der Waals surface area contributed by atoms with Gasteiger partial charge in [0.15, 0.2) is 0 Å². The number of benzene rings is 2. The van der Waals surface area contributed by atoms with Crippen molar-refractivity contribution in [3.63, 3.8) is 0 Å². The molecule has 1 N–H and O–H groups in total. The van der Waals surface area contributed by atoms with Crippen LogP contribution in [0.4, 0.5) is 0 Å². The molecule has 0 radical (unpaired) electrons. The van der Waals surface area contributed by atoms with Crippen LogP contribution in [0.15, 0.2) is 52.2 Å². The molecule has 1 fully saturated rings. The van der Waals surface area contributed by atoms with Crippen LogP contribution in [0.3, 0.4) is 0 Å². The van der Waals surface area contributed by atoms with Crippen molar-refractivity contribution in [2.24, 2.45) is 0 Å². The molecule has 2 aromatic carbocycles. The topological polar surface area (TPSA) is 96.5 Å². The Labute approximate surface area is 199 Å². The van der Waals surface area contributed by atoms with Gasteiger partial charge in [0.1, 0.15) is 0 Å². The predicted octanol–water partition coefficient (Wildman–Crippen LogP) is 4.46. The Bertz CT molecular complexity index is 1370. The maximum absolute atomic E-state index is 13.7. The van der Waals surface area contributed by atoms with Gasteiger partial charge in [-0.05, 0) is 80.5 Å². The molecule has 1 aliphatic rings. The van der Waals surface area contributed by atoms with Crippen LogP contribution < -0.4 is 5.56 Å². The first-order valence-electron chi connectivity index (χ1n) is 11.6. The Kier molecular flexibility index (Phi) is 6.91. The summed E-state index contributed by atoms with van der Waals surface area (Å²) in [5.74, 6) is -0.493. The molecule has 1 saturated carbocycles. The number of fused-ring (bicyclic) bond motifs is 1. The second-order valence-electron chi connectivity index (χ2n) is 8.83. The lowest BCUT2D eigenvalue weighted by Crippen LogP contribution is -2.39. The van der Waals surface area contributed by atoms with Gasteiger partial charge in [-0.2, -0.15) is 4.31 Å². The van der Waals surface area contributed by atoms with Crippen LogP contribution >= 0.6 is 0 Å². The summed E-state index contributed by atoms with van der Waals surface area (Å²) in [6.45, 7) is 5.90. The summed E-state index contributed by atoms with van der Waals surface area (Å²) in [6.07, 6.45) is 3.41. The molecule has 0 atom stereocenters. The molecule has 180 valence electrons. The van der Waals surface area contributed by atoms with Crippen molar-refractivity contribution in [1.29, 1.82) is 0 Å². The van der Waals surface area contributed by atoms with Gasteiger partial charge in [-0.1, -0.05) is 25.0 Å². The minimum absolute atomic E-state index is 0.00910. The van der Waals surface area contributed by atoms with Crippen molar-refractivity contribution in [3.05, 3.63) is 75.1 Å². The van der Waals surface area contributed by atoms with E-state index in [4.69, 9.17) is 4.74 Å². The summed E-state index contributed by atoms with van der Waals surface area (Å²) in [4.78, 5) is 28.0. The highest BCUT2D eigenvalue weighted by Crippen LogP contribution is 2.30. The fourth-order valence-electron chi connectivity index (χ4n) is 4.57. The summed E-state index contributed by atoms with van der Waals surface area (Å²) in [6, 6.07) is 11.3. The fourth-order valence-corrected chi connectivity index (χ4v) is 6.23. The number of ether oxygens (including phenoxy) is 1. The van der Waals surface area contributed by atoms with Gasteiger partial charge in [0.05, 0.1) is 22.6 Å². The molecule has 34 heavy (non-hydrogen) atoms. The number of carbonyl (C=O) groups excluding carboxylic acids is 1. The minimum atomic E-state index is -3.89. The highest BCUT2D eigenvalue weighted by atomic mass is 32.2. The van der Waals surface area contributed by atoms with Crippen LogP contribution in [-0.4, -0.2) is 36.3 Å². The summed E-state index contributed by atoms with van der Waals surface area (Å²) in [5.41, 5.74) is 3.29. The zero-order valence-electron chi connectivity index (χ0n) is 19.8. The summed E-state index contributed by atoms with van der Waals surface area (Å²) in [5, 5.41) is 0.875. The number of aromatic nitrogens is 1. The molecule has 0 saturated heterocycles. The quantitative estimate of drug-likeness (QED) is 0.502. The summed E-state index contributed by atoms with van der Waals surface area (Å²) >= 11 is 0. The molecule has 3 aromatic rings. The van der Waals surface area contributed by atoms with E-state index in [1.807, 2.05) is 26.0 Å². The first kappa shape index (κ1) is 24.2. The van der Waals surface area contributed by atoms with Gasteiger partial charge >= 0.3 is 5.97 Å². The number of aromatic amines is 1. The van der Waals surface area contributed by atoms with Crippen LogP contribution in [0.2, 0.25) is 0 Å². The molecule has 0 spiro atoms. The number of H-pyrrole nitrogens is 1. The van der Waals surface area contributed by atoms with Crippen LogP contribution in [-0.2, 0) is 21.3 Å². The minimum Gasteiger partial charge on any atom is -0.462 e. The molecule has 1 heterocycles. The number of nitrogens with zero attached hydrogens (tertiary/aromatic N) is 1. The molecule has 7 nitrogen and oxygen atoms in total. The first-order chi connectivity index (χ1) is 16.2. The van der Waals surface area contributed by atoms with E-state index in [0.717, 1.165) is 47.7 Å². The maximum atomic E-state index is 13.7. The largest absolute Gasteiger partial charge is 0.462 e. The molecule has 0 bridgehead atoms. The zero-order chi connectivity index (χ0) is 24.5. The smallest absolute Gasteiger partial charge is 0.338 e. The van der Waals surface area contributed by atoms with Gasteiger partial charge in [0.2, 0.25) is 10.0 Å². The maximum Gasteiger partial charge on any atom is 0.338 e. The zero-order valence-corrected chi connectivity index (χ0v) is 20.6. The standard InChI is InChI=1S/C26H30N2O5S/c1-4-33-26(30)19-11-13-23(14-12-19)34(31,32)28(22-7-5-6-8-22)16-21-15-20-10-9-17(2)18(3)24(20)27-25(21)29/h9-15,22H,4-8,16H2,1-3H3,(H,27,29). The first-order valence-corrected chi connectivity index (χ1v) is 13.1. The number of carbonyl (C=O) groups is 1. The number of nitrogens with one attached hydrogen (secondary N) is 1. The Morgan fingerprint density at radius 2 is 1.76 bits per heavy atom. The molecular weight excluding hydrogens is 452 g/mol.